The minimum atomic E-state index is -4.59. The van der Waals surface area contributed by atoms with Crippen LogP contribution in [0.5, 0.6) is 5.75 Å². The number of halogens is 3. The molecule has 7 nitrogen and oxygen atoms in total. The number of alkyl halides is 3. The molecule has 0 amide bonds. The van der Waals surface area contributed by atoms with Gasteiger partial charge in [0.2, 0.25) is 0 Å². The second-order valence-corrected chi connectivity index (χ2v) is 6.51. The van der Waals surface area contributed by atoms with E-state index < -0.39 is 12.3 Å². The highest BCUT2D eigenvalue weighted by Crippen LogP contribution is 2.43. The van der Waals surface area contributed by atoms with Crippen molar-refractivity contribution in [2.24, 2.45) is 0 Å². The number of hydrogen-bond donors (Lipinski definition) is 1. The summed E-state index contributed by atoms with van der Waals surface area (Å²) in [5.74, 6) is 0.0848. The van der Waals surface area contributed by atoms with Gasteiger partial charge in [-0.25, -0.2) is 0 Å². The molecule has 1 aliphatic rings. The molecule has 10 heteroatoms. The smallest absolute Gasteiger partial charge is 0.418 e. The van der Waals surface area contributed by atoms with Crippen molar-refractivity contribution in [3.05, 3.63) is 17.7 Å². The Bertz CT molecular complexity index is 803. The molecule has 0 radical (unpaired) electrons. The number of ether oxygens (including phenoxy) is 4. The quantitative estimate of drug-likeness (QED) is 0.763. The van der Waals surface area contributed by atoms with Crippen LogP contribution in [0, 0.1) is 0 Å². The average molecular weight is 403 g/mol. The molecule has 1 aromatic carbocycles. The molecule has 3 rings (SSSR count). The molecule has 2 heterocycles. The van der Waals surface area contributed by atoms with Gasteiger partial charge in [-0.2, -0.15) is 18.3 Å². The number of rotatable bonds is 7. The van der Waals surface area contributed by atoms with Gasteiger partial charge in [0.05, 0.1) is 31.2 Å². The number of nitrogens with two attached hydrogens (primary N) is 1. The Morgan fingerprint density at radius 3 is 2.71 bits per heavy atom. The number of aromatic nitrogens is 2. The summed E-state index contributed by atoms with van der Waals surface area (Å²) in [7, 11) is 2.29. The Balaban J connectivity index is 1.86. The highest BCUT2D eigenvalue weighted by molar-refractivity contribution is 5.96. The highest BCUT2D eigenvalue weighted by Gasteiger charge is 2.43. The first-order valence-electron chi connectivity index (χ1n) is 9.02. The maximum Gasteiger partial charge on any atom is 0.418 e. The van der Waals surface area contributed by atoms with Crippen LogP contribution in [0.4, 0.5) is 19.0 Å². The van der Waals surface area contributed by atoms with E-state index in [1.807, 2.05) is 0 Å². The molecule has 2 unspecified atom stereocenters. The van der Waals surface area contributed by atoms with Gasteiger partial charge in [-0.1, -0.05) is 6.07 Å². The lowest BCUT2D eigenvalue weighted by Gasteiger charge is -2.22. The van der Waals surface area contributed by atoms with Gasteiger partial charge in [0.15, 0.2) is 18.2 Å². The van der Waals surface area contributed by atoms with Gasteiger partial charge in [-0.05, 0) is 25.3 Å². The van der Waals surface area contributed by atoms with E-state index in [0.29, 0.717) is 30.7 Å². The Kier molecular flexibility index (Phi) is 6.31. The molecular formula is C18H24F3N3O4. The first kappa shape index (κ1) is 20.7. The van der Waals surface area contributed by atoms with E-state index in [2.05, 4.69) is 9.84 Å². The van der Waals surface area contributed by atoms with Crippen LogP contribution in [0.25, 0.3) is 10.9 Å². The van der Waals surface area contributed by atoms with Gasteiger partial charge in [-0.3, -0.25) is 4.68 Å². The summed E-state index contributed by atoms with van der Waals surface area (Å²) < 4.78 is 62.7. The molecule has 0 spiro atoms. The third-order valence-electron chi connectivity index (χ3n) is 4.69. The zero-order valence-corrected chi connectivity index (χ0v) is 15.8. The minimum Gasteiger partial charge on any atom is -0.496 e. The maximum atomic E-state index is 13.3. The van der Waals surface area contributed by atoms with Crippen LogP contribution in [-0.4, -0.2) is 49.7 Å². The Labute approximate surface area is 160 Å². The average Bonchev–Trinajstić information content (AvgIpc) is 2.98. The summed E-state index contributed by atoms with van der Waals surface area (Å²) in [6, 6.07) is 2.86. The first-order valence-corrected chi connectivity index (χ1v) is 9.02. The molecule has 1 fully saturated rings. The van der Waals surface area contributed by atoms with Gasteiger partial charge < -0.3 is 24.7 Å². The first-order chi connectivity index (χ1) is 13.4. The normalized spacial score (nSPS) is 19.1. The fourth-order valence-electron chi connectivity index (χ4n) is 3.43. The zero-order valence-electron chi connectivity index (χ0n) is 15.8. The van der Waals surface area contributed by atoms with Gasteiger partial charge in [0.25, 0.3) is 0 Å². The predicted molar refractivity (Wildman–Crippen MR) is 96.0 cm³/mol. The molecule has 2 atom stereocenters. The van der Waals surface area contributed by atoms with Crippen LogP contribution < -0.4 is 10.5 Å². The van der Waals surface area contributed by atoms with Crippen molar-refractivity contribution >= 4 is 16.7 Å². The van der Waals surface area contributed by atoms with Crippen molar-refractivity contribution in [1.29, 1.82) is 0 Å². The summed E-state index contributed by atoms with van der Waals surface area (Å²) in [4.78, 5) is 0. The second-order valence-electron chi connectivity index (χ2n) is 6.51. The Morgan fingerprint density at radius 2 is 2.11 bits per heavy atom. The number of nitrogens with zero attached hydrogens (tertiary/aromatic N) is 2. The third-order valence-corrected chi connectivity index (χ3v) is 4.69. The topological polar surface area (TPSA) is 80.8 Å². The number of benzene rings is 1. The fraction of sp³-hybridized carbons (Fsp3) is 0.611. The van der Waals surface area contributed by atoms with E-state index in [4.69, 9.17) is 19.9 Å². The molecule has 0 saturated carbocycles. The SMILES string of the molecule is COc1c(C(OC)C(F)(F)F)ccc2c1c(N)nn2CCOC1CCCCO1. The maximum absolute atomic E-state index is 13.3. The lowest BCUT2D eigenvalue weighted by atomic mass is 10.0. The molecule has 28 heavy (non-hydrogen) atoms. The van der Waals surface area contributed by atoms with Gasteiger partial charge >= 0.3 is 6.18 Å². The number of methoxy groups -OCH3 is 2. The zero-order chi connectivity index (χ0) is 20.3. The van der Waals surface area contributed by atoms with E-state index in [-0.39, 0.29) is 23.4 Å². The van der Waals surface area contributed by atoms with E-state index in [0.717, 1.165) is 26.4 Å². The predicted octanol–water partition coefficient (Wildman–Crippen LogP) is 3.42. The monoisotopic (exact) mass is 403 g/mol. The van der Waals surface area contributed by atoms with Crippen LogP contribution in [0.2, 0.25) is 0 Å². The largest absolute Gasteiger partial charge is 0.496 e. The number of hydrogen-bond acceptors (Lipinski definition) is 6. The lowest BCUT2D eigenvalue weighted by Crippen LogP contribution is -2.24. The van der Waals surface area contributed by atoms with E-state index in [1.165, 1.54) is 19.2 Å². The molecule has 0 bridgehead atoms. The van der Waals surface area contributed by atoms with Gasteiger partial charge in [0.1, 0.15) is 5.75 Å². The Hall–Kier alpha value is -2.04. The van der Waals surface area contributed by atoms with E-state index in [9.17, 15) is 13.2 Å². The van der Waals surface area contributed by atoms with Gasteiger partial charge in [0, 0.05) is 19.3 Å². The summed E-state index contributed by atoms with van der Waals surface area (Å²) in [6.45, 7) is 1.40. The summed E-state index contributed by atoms with van der Waals surface area (Å²) in [5, 5.41) is 4.56. The molecule has 1 aliphatic heterocycles. The summed E-state index contributed by atoms with van der Waals surface area (Å²) in [5.41, 5.74) is 6.40. The molecule has 156 valence electrons. The molecular weight excluding hydrogens is 379 g/mol. The molecule has 0 aliphatic carbocycles. The third kappa shape index (κ3) is 4.18. The van der Waals surface area contributed by atoms with Crippen molar-refractivity contribution < 1.29 is 32.1 Å². The van der Waals surface area contributed by atoms with Crippen LogP contribution in [0.15, 0.2) is 12.1 Å². The Morgan fingerprint density at radius 1 is 1.32 bits per heavy atom. The highest BCUT2D eigenvalue weighted by atomic mass is 19.4. The van der Waals surface area contributed by atoms with Crippen molar-refractivity contribution in [1.82, 2.24) is 9.78 Å². The van der Waals surface area contributed by atoms with Crippen LogP contribution in [0.1, 0.15) is 30.9 Å². The lowest BCUT2D eigenvalue weighted by molar-refractivity contribution is -0.216. The van der Waals surface area contributed by atoms with Crippen LogP contribution in [-0.2, 0) is 20.8 Å². The summed E-state index contributed by atoms with van der Waals surface area (Å²) in [6.07, 6.45) is -4.02. The fourth-order valence-corrected chi connectivity index (χ4v) is 3.43. The van der Waals surface area contributed by atoms with E-state index >= 15 is 0 Å². The molecule has 1 aromatic heterocycles. The number of fused-ring (bicyclic) bond motifs is 1. The van der Waals surface area contributed by atoms with Crippen molar-refractivity contribution in [2.75, 3.05) is 33.2 Å². The molecule has 2 aromatic rings. The van der Waals surface area contributed by atoms with Crippen LogP contribution in [0.3, 0.4) is 0 Å². The number of anilines is 1. The summed E-state index contributed by atoms with van der Waals surface area (Å²) >= 11 is 0. The van der Waals surface area contributed by atoms with Crippen molar-refractivity contribution in [3.8, 4) is 5.75 Å². The number of nitrogen functional groups attached to an aromatic ring is 1. The van der Waals surface area contributed by atoms with Crippen LogP contribution >= 0.6 is 0 Å². The molecule has 2 N–H and O–H groups in total. The molecule has 1 saturated heterocycles. The minimum absolute atomic E-state index is 0.00181. The van der Waals surface area contributed by atoms with Gasteiger partial charge in [-0.15, -0.1) is 0 Å². The van der Waals surface area contributed by atoms with Crippen molar-refractivity contribution in [2.45, 2.75) is 44.4 Å². The van der Waals surface area contributed by atoms with E-state index in [1.54, 1.807) is 4.68 Å². The second kappa shape index (κ2) is 8.54. The van der Waals surface area contributed by atoms with Crippen molar-refractivity contribution in [3.63, 3.8) is 0 Å². The standard InChI is InChI=1S/C18H24F3N3O4/c1-25-15-11(16(26-2)18(19,20)21)6-7-12-14(15)17(22)23-24(12)8-10-28-13-5-3-4-9-27-13/h6-7,13,16H,3-5,8-10H2,1-2H3,(H2,22,23).